The van der Waals surface area contributed by atoms with Crippen molar-refractivity contribution in [3.63, 3.8) is 0 Å². The second-order valence-electron chi connectivity index (χ2n) is 4.37. The van der Waals surface area contributed by atoms with Gasteiger partial charge < -0.3 is 9.67 Å². The third-order valence-electron chi connectivity index (χ3n) is 3.08. The zero-order chi connectivity index (χ0) is 14.5. The van der Waals surface area contributed by atoms with Crippen molar-refractivity contribution in [3.05, 3.63) is 69.6 Å². The molecule has 1 heterocycles. The number of aryl methyl sites for hydroxylation is 1. The number of halogens is 1. The highest BCUT2D eigenvalue weighted by Crippen LogP contribution is 2.12. The minimum absolute atomic E-state index is 0.0605. The lowest BCUT2D eigenvalue weighted by molar-refractivity contribution is 0.0682. The molecule has 0 bridgehead atoms. The third-order valence-corrected chi connectivity index (χ3v) is 3.68. The van der Waals surface area contributed by atoms with Crippen LogP contribution in [0, 0.1) is 0 Å². The van der Waals surface area contributed by atoms with Crippen molar-refractivity contribution < 1.29 is 9.90 Å². The number of hydrogen-bond acceptors (Lipinski definition) is 2. The van der Waals surface area contributed by atoms with Crippen molar-refractivity contribution >= 4 is 21.9 Å². The van der Waals surface area contributed by atoms with E-state index in [0.29, 0.717) is 23.9 Å². The Hall–Kier alpha value is -1.88. The number of aromatic carboxylic acids is 1. The highest BCUT2D eigenvalue weighted by Gasteiger charge is 2.15. The Labute approximate surface area is 124 Å². The van der Waals surface area contributed by atoms with E-state index in [-0.39, 0.29) is 11.3 Å². The molecular weight excluding hydrogens is 322 g/mol. The number of benzene rings is 1. The molecule has 5 heteroatoms. The SMILES string of the molecule is O=C(O)c1c(CBr)ccc(=O)n1CCc1ccccc1. The van der Waals surface area contributed by atoms with Crippen LogP contribution in [0.2, 0.25) is 0 Å². The lowest BCUT2D eigenvalue weighted by Gasteiger charge is -2.12. The molecule has 0 spiro atoms. The normalized spacial score (nSPS) is 10.4. The molecule has 1 aromatic carbocycles. The molecule has 1 N–H and O–H groups in total. The Balaban J connectivity index is 2.35. The van der Waals surface area contributed by atoms with Crippen LogP contribution >= 0.6 is 15.9 Å². The van der Waals surface area contributed by atoms with Gasteiger partial charge in [-0.15, -0.1) is 0 Å². The molecule has 0 atom stereocenters. The van der Waals surface area contributed by atoms with Gasteiger partial charge in [0.1, 0.15) is 5.69 Å². The van der Waals surface area contributed by atoms with Gasteiger partial charge in [-0.25, -0.2) is 4.79 Å². The molecule has 1 aromatic heterocycles. The van der Waals surface area contributed by atoms with Gasteiger partial charge in [-0.1, -0.05) is 52.3 Å². The van der Waals surface area contributed by atoms with Crippen LogP contribution in [0.25, 0.3) is 0 Å². The van der Waals surface area contributed by atoms with Gasteiger partial charge >= 0.3 is 5.97 Å². The third kappa shape index (κ3) is 3.17. The lowest BCUT2D eigenvalue weighted by Crippen LogP contribution is -2.27. The van der Waals surface area contributed by atoms with E-state index in [2.05, 4.69) is 15.9 Å². The fourth-order valence-corrected chi connectivity index (χ4v) is 2.55. The summed E-state index contributed by atoms with van der Waals surface area (Å²) in [4.78, 5) is 23.3. The van der Waals surface area contributed by atoms with Gasteiger partial charge in [0, 0.05) is 17.9 Å². The van der Waals surface area contributed by atoms with E-state index in [9.17, 15) is 14.7 Å². The van der Waals surface area contributed by atoms with Crippen LogP contribution in [-0.2, 0) is 18.3 Å². The zero-order valence-electron chi connectivity index (χ0n) is 10.8. The first-order valence-corrected chi connectivity index (χ1v) is 7.31. The second-order valence-corrected chi connectivity index (χ2v) is 4.93. The van der Waals surface area contributed by atoms with E-state index in [0.717, 1.165) is 5.56 Å². The molecule has 0 aliphatic carbocycles. The van der Waals surface area contributed by atoms with Crippen molar-refractivity contribution in [2.45, 2.75) is 18.3 Å². The van der Waals surface area contributed by atoms with E-state index < -0.39 is 5.97 Å². The van der Waals surface area contributed by atoms with Gasteiger partial charge in [-0.05, 0) is 17.5 Å². The van der Waals surface area contributed by atoms with Crippen LogP contribution in [0.4, 0.5) is 0 Å². The highest BCUT2D eigenvalue weighted by molar-refractivity contribution is 9.08. The Morgan fingerprint density at radius 1 is 1.15 bits per heavy atom. The Morgan fingerprint density at radius 2 is 1.85 bits per heavy atom. The number of pyridine rings is 1. The number of aromatic nitrogens is 1. The van der Waals surface area contributed by atoms with Crippen LogP contribution in [0.1, 0.15) is 21.6 Å². The summed E-state index contributed by atoms with van der Waals surface area (Å²) in [5, 5.41) is 9.72. The number of carboxylic acids is 1. The largest absolute Gasteiger partial charge is 0.477 e. The first kappa shape index (κ1) is 14.5. The molecule has 0 radical (unpaired) electrons. The minimum Gasteiger partial charge on any atom is -0.477 e. The van der Waals surface area contributed by atoms with Crippen LogP contribution in [0.5, 0.6) is 0 Å². The van der Waals surface area contributed by atoms with E-state index >= 15 is 0 Å². The summed E-state index contributed by atoms with van der Waals surface area (Å²) in [6.45, 7) is 0.353. The Kier molecular flexibility index (Phi) is 4.74. The van der Waals surface area contributed by atoms with E-state index in [4.69, 9.17) is 0 Å². The van der Waals surface area contributed by atoms with Gasteiger partial charge in [0.05, 0.1) is 0 Å². The molecule has 2 aromatic rings. The molecule has 2 rings (SSSR count). The van der Waals surface area contributed by atoms with Gasteiger partial charge in [-0.2, -0.15) is 0 Å². The van der Waals surface area contributed by atoms with Crippen LogP contribution in [0.15, 0.2) is 47.3 Å². The number of nitrogens with zero attached hydrogens (tertiary/aromatic N) is 1. The number of hydrogen-bond donors (Lipinski definition) is 1. The summed E-state index contributed by atoms with van der Waals surface area (Å²) >= 11 is 3.25. The standard InChI is InChI=1S/C15H14BrNO3/c16-10-12-6-7-13(18)17(14(12)15(19)20)9-8-11-4-2-1-3-5-11/h1-7H,8-10H2,(H,19,20). The van der Waals surface area contributed by atoms with Crippen LogP contribution in [-0.4, -0.2) is 15.6 Å². The molecule has 0 saturated heterocycles. The van der Waals surface area contributed by atoms with Crippen molar-refractivity contribution in [2.75, 3.05) is 0 Å². The van der Waals surface area contributed by atoms with Gasteiger partial charge in [0.2, 0.25) is 0 Å². The average Bonchev–Trinajstić information content (AvgIpc) is 2.46. The number of rotatable bonds is 5. The Morgan fingerprint density at radius 3 is 2.45 bits per heavy atom. The van der Waals surface area contributed by atoms with Gasteiger partial charge in [-0.3, -0.25) is 4.79 Å². The summed E-state index contributed by atoms with van der Waals surface area (Å²) in [6, 6.07) is 12.6. The smallest absolute Gasteiger partial charge is 0.352 e. The van der Waals surface area contributed by atoms with Gasteiger partial charge in [0.15, 0.2) is 0 Å². The van der Waals surface area contributed by atoms with E-state index in [1.165, 1.54) is 10.6 Å². The maximum atomic E-state index is 11.9. The van der Waals surface area contributed by atoms with Crippen molar-refractivity contribution in [2.24, 2.45) is 0 Å². The minimum atomic E-state index is -1.08. The molecule has 20 heavy (non-hydrogen) atoms. The van der Waals surface area contributed by atoms with Crippen molar-refractivity contribution in [3.8, 4) is 0 Å². The van der Waals surface area contributed by atoms with Crippen LogP contribution in [0.3, 0.4) is 0 Å². The summed E-state index contributed by atoms with van der Waals surface area (Å²) in [5.41, 5.74) is 1.44. The monoisotopic (exact) mass is 335 g/mol. The molecule has 0 unspecified atom stereocenters. The first-order valence-electron chi connectivity index (χ1n) is 6.19. The average molecular weight is 336 g/mol. The summed E-state index contributed by atoms with van der Waals surface area (Å²) in [5.74, 6) is -1.08. The number of carbonyl (C=O) groups is 1. The molecule has 4 nitrogen and oxygen atoms in total. The topological polar surface area (TPSA) is 59.3 Å². The molecule has 0 aliphatic heterocycles. The highest BCUT2D eigenvalue weighted by atomic mass is 79.9. The van der Waals surface area contributed by atoms with E-state index in [1.54, 1.807) is 6.07 Å². The summed E-state index contributed by atoms with van der Waals surface area (Å²) in [7, 11) is 0. The molecule has 0 amide bonds. The Bertz CT molecular complexity index is 665. The molecule has 0 aliphatic rings. The molecular formula is C15H14BrNO3. The molecule has 104 valence electrons. The number of carboxylic acid groups (broad SMARTS) is 1. The molecule has 0 saturated carbocycles. The lowest BCUT2D eigenvalue weighted by atomic mass is 10.1. The van der Waals surface area contributed by atoms with Crippen molar-refractivity contribution in [1.82, 2.24) is 4.57 Å². The van der Waals surface area contributed by atoms with E-state index in [1.807, 2.05) is 30.3 Å². The number of alkyl halides is 1. The summed E-state index contributed by atoms with van der Waals surface area (Å²) < 4.78 is 1.33. The summed E-state index contributed by atoms with van der Waals surface area (Å²) in [6.07, 6.45) is 0.618. The maximum absolute atomic E-state index is 11.9. The molecule has 0 fully saturated rings. The first-order chi connectivity index (χ1) is 9.63. The second kappa shape index (κ2) is 6.52. The predicted molar refractivity (Wildman–Crippen MR) is 80.4 cm³/mol. The fraction of sp³-hybridized carbons (Fsp3) is 0.200. The fourth-order valence-electron chi connectivity index (χ4n) is 2.09. The quantitative estimate of drug-likeness (QED) is 0.854. The van der Waals surface area contributed by atoms with Crippen LogP contribution < -0.4 is 5.56 Å². The van der Waals surface area contributed by atoms with Crippen molar-refractivity contribution in [1.29, 1.82) is 0 Å². The van der Waals surface area contributed by atoms with Gasteiger partial charge in [0.25, 0.3) is 5.56 Å². The maximum Gasteiger partial charge on any atom is 0.352 e. The zero-order valence-corrected chi connectivity index (χ0v) is 12.3. The predicted octanol–water partition coefficient (Wildman–Crippen LogP) is 2.68.